The fraction of sp³-hybridized carbons (Fsp3) is 0.462. The summed E-state index contributed by atoms with van der Waals surface area (Å²) >= 11 is 0. The van der Waals surface area contributed by atoms with Crippen LogP contribution >= 0.6 is 0 Å². The number of carbonyl (C=O) groups excluding carboxylic acids is 1. The van der Waals surface area contributed by atoms with Gasteiger partial charge < -0.3 is 14.6 Å². The van der Waals surface area contributed by atoms with Gasteiger partial charge in [-0.25, -0.2) is 17.9 Å². The first-order chi connectivity index (χ1) is 9.81. The summed E-state index contributed by atoms with van der Waals surface area (Å²) in [6.45, 7) is 3.59. The Balaban J connectivity index is 2.83. The van der Waals surface area contributed by atoms with Crippen LogP contribution in [0.2, 0.25) is 0 Å². The van der Waals surface area contributed by atoms with E-state index in [9.17, 15) is 18.3 Å². The van der Waals surface area contributed by atoms with Crippen molar-refractivity contribution in [3.8, 4) is 5.75 Å². The van der Waals surface area contributed by atoms with Crippen LogP contribution in [0.5, 0.6) is 5.75 Å². The first-order valence-electron chi connectivity index (χ1n) is 6.30. The maximum atomic E-state index is 12.1. The molecule has 21 heavy (non-hydrogen) atoms. The molecular weight excluding hydrogens is 298 g/mol. The third-order valence-corrected chi connectivity index (χ3v) is 4.12. The normalized spacial score (nSPS) is 12.8. The van der Waals surface area contributed by atoms with E-state index in [4.69, 9.17) is 4.74 Å². The lowest BCUT2D eigenvalue weighted by atomic mass is 10.2. The van der Waals surface area contributed by atoms with Crippen molar-refractivity contribution in [1.29, 1.82) is 0 Å². The molecule has 0 heterocycles. The summed E-state index contributed by atoms with van der Waals surface area (Å²) in [5.41, 5.74) is 0.674. The fourth-order valence-corrected chi connectivity index (χ4v) is 2.72. The number of sulfonamides is 1. The van der Waals surface area contributed by atoms with Crippen molar-refractivity contribution in [2.24, 2.45) is 0 Å². The second-order valence-electron chi connectivity index (χ2n) is 4.25. The first-order valence-corrected chi connectivity index (χ1v) is 7.79. The predicted octanol–water partition coefficient (Wildman–Crippen LogP) is 0.206. The number of benzene rings is 1. The number of carbonyl (C=O) groups is 1. The largest absolute Gasteiger partial charge is 0.494 e. The highest BCUT2D eigenvalue weighted by molar-refractivity contribution is 7.89. The summed E-state index contributed by atoms with van der Waals surface area (Å²) in [6, 6.07) is 4.41. The zero-order valence-electron chi connectivity index (χ0n) is 12.1. The molecule has 2 N–H and O–H groups in total. The predicted molar refractivity (Wildman–Crippen MR) is 75.6 cm³/mol. The number of ether oxygens (including phenoxy) is 2. The third-order valence-electron chi connectivity index (χ3n) is 2.70. The molecule has 0 aromatic heterocycles. The van der Waals surface area contributed by atoms with E-state index < -0.39 is 28.6 Å². The van der Waals surface area contributed by atoms with Crippen LogP contribution in [-0.4, -0.2) is 45.9 Å². The Morgan fingerprint density at radius 2 is 2.10 bits per heavy atom. The minimum Gasteiger partial charge on any atom is -0.494 e. The van der Waals surface area contributed by atoms with Gasteiger partial charge in [0, 0.05) is 6.54 Å². The summed E-state index contributed by atoms with van der Waals surface area (Å²) in [5.74, 6) is -0.299. The molecule has 0 aliphatic heterocycles. The van der Waals surface area contributed by atoms with E-state index in [0.717, 1.165) is 7.11 Å². The molecule has 0 spiro atoms. The van der Waals surface area contributed by atoms with Crippen LogP contribution in [0.15, 0.2) is 23.1 Å². The van der Waals surface area contributed by atoms with E-state index in [2.05, 4.69) is 9.46 Å². The molecule has 0 aliphatic rings. The second kappa shape index (κ2) is 7.39. The maximum absolute atomic E-state index is 12.1. The van der Waals surface area contributed by atoms with Crippen molar-refractivity contribution in [2.75, 3.05) is 20.3 Å². The van der Waals surface area contributed by atoms with Crippen molar-refractivity contribution in [1.82, 2.24) is 4.72 Å². The highest BCUT2D eigenvalue weighted by Crippen LogP contribution is 2.21. The Bertz CT molecular complexity index is 599. The molecule has 1 rings (SSSR count). The van der Waals surface area contributed by atoms with E-state index in [-0.39, 0.29) is 4.90 Å². The van der Waals surface area contributed by atoms with Gasteiger partial charge in [-0.3, -0.25) is 0 Å². The van der Waals surface area contributed by atoms with Crippen molar-refractivity contribution in [3.63, 3.8) is 0 Å². The molecule has 0 fully saturated rings. The monoisotopic (exact) mass is 317 g/mol. The second-order valence-corrected chi connectivity index (χ2v) is 6.02. The quantitative estimate of drug-likeness (QED) is 0.697. The molecule has 1 aromatic rings. The van der Waals surface area contributed by atoms with Gasteiger partial charge in [0.05, 0.1) is 18.6 Å². The SMILES string of the molecule is CCOc1ccc(S(=O)(=O)NCC(O)C(=O)OC)cc1C. The first kappa shape index (κ1) is 17.4. The standard InChI is InChI=1S/C13H19NO6S/c1-4-20-12-6-5-10(7-9(12)2)21(17,18)14-8-11(15)13(16)19-3/h5-7,11,14-15H,4,8H2,1-3H3. The number of aliphatic hydroxyl groups is 1. The fourth-order valence-electron chi connectivity index (χ4n) is 1.60. The van der Waals surface area contributed by atoms with E-state index in [1.165, 1.54) is 12.1 Å². The van der Waals surface area contributed by atoms with E-state index >= 15 is 0 Å². The van der Waals surface area contributed by atoms with Crippen LogP contribution in [0, 0.1) is 6.92 Å². The number of methoxy groups -OCH3 is 1. The smallest absolute Gasteiger partial charge is 0.336 e. The molecular formula is C13H19NO6S. The zero-order valence-corrected chi connectivity index (χ0v) is 12.9. The van der Waals surface area contributed by atoms with Gasteiger partial charge in [0.15, 0.2) is 6.10 Å². The van der Waals surface area contributed by atoms with Gasteiger partial charge in [0.25, 0.3) is 0 Å². The molecule has 1 unspecified atom stereocenters. The molecule has 0 bridgehead atoms. The van der Waals surface area contributed by atoms with Crippen molar-refractivity contribution < 1.29 is 27.8 Å². The van der Waals surface area contributed by atoms with Crippen molar-refractivity contribution in [2.45, 2.75) is 24.8 Å². The lowest BCUT2D eigenvalue weighted by molar-refractivity contribution is -0.149. The molecule has 8 heteroatoms. The molecule has 118 valence electrons. The van der Waals surface area contributed by atoms with Gasteiger partial charge in [-0.1, -0.05) is 0 Å². The van der Waals surface area contributed by atoms with Crippen LogP contribution in [0.3, 0.4) is 0 Å². The number of hydrogen-bond donors (Lipinski definition) is 2. The minimum absolute atomic E-state index is 0.0283. The van der Waals surface area contributed by atoms with Crippen LogP contribution in [-0.2, 0) is 19.6 Å². The van der Waals surface area contributed by atoms with Gasteiger partial charge in [-0.2, -0.15) is 0 Å². The molecule has 0 saturated carbocycles. The van der Waals surface area contributed by atoms with E-state index in [1.54, 1.807) is 13.0 Å². The van der Waals surface area contributed by atoms with E-state index in [0.29, 0.717) is 17.9 Å². The molecule has 0 saturated heterocycles. The molecule has 1 aromatic carbocycles. The highest BCUT2D eigenvalue weighted by atomic mass is 32.2. The molecule has 1 atom stereocenters. The Morgan fingerprint density at radius 3 is 2.62 bits per heavy atom. The van der Waals surface area contributed by atoms with Crippen LogP contribution in [0.4, 0.5) is 0 Å². The van der Waals surface area contributed by atoms with Crippen LogP contribution < -0.4 is 9.46 Å². The number of aryl methyl sites for hydroxylation is 1. The Labute approximate surface area is 123 Å². The summed E-state index contributed by atoms with van der Waals surface area (Å²) in [7, 11) is -2.72. The van der Waals surface area contributed by atoms with E-state index in [1.807, 2.05) is 6.92 Å². The number of nitrogens with one attached hydrogen (secondary N) is 1. The zero-order chi connectivity index (χ0) is 16.0. The molecule has 0 amide bonds. The number of hydrogen-bond acceptors (Lipinski definition) is 6. The Hall–Kier alpha value is -1.64. The molecule has 0 radical (unpaired) electrons. The summed E-state index contributed by atoms with van der Waals surface area (Å²) in [6.07, 6.45) is -1.55. The third kappa shape index (κ3) is 4.69. The number of esters is 1. The maximum Gasteiger partial charge on any atom is 0.336 e. The summed E-state index contributed by atoms with van der Waals surface area (Å²) in [4.78, 5) is 11.0. The van der Waals surface area contributed by atoms with Gasteiger partial charge in [0.1, 0.15) is 5.75 Å². The van der Waals surface area contributed by atoms with Gasteiger partial charge >= 0.3 is 5.97 Å². The summed E-state index contributed by atoms with van der Waals surface area (Å²) < 4.78 is 35.9. The number of rotatable bonds is 7. The van der Waals surface area contributed by atoms with Crippen LogP contribution in [0.25, 0.3) is 0 Å². The Kier molecular flexibility index (Phi) is 6.13. The van der Waals surface area contributed by atoms with Crippen LogP contribution in [0.1, 0.15) is 12.5 Å². The number of aliphatic hydroxyl groups excluding tert-OH is 1. The topological polar surface area (TPSA) is 102 Å². The lowest BCUT2D eigenvalue weighted by Crippen LogP contribution is -2.37. The molecule has 7 nitrogen and oxygen atoms in total. The Morgan fingerprint density at radius 1 is 1.43 bits per heavy atom. The summed E-state index contributed by atoms with van der Waals surface area (Å²) in [5, 5.41) is 9.38. The van der Waals surface area contributed by atoms with Gasteiger partial charge in [-0.05, 0) is 37.6 Å². The lowest BCUT2D eigenvalue weighted by Gasteiger charge is -2.12. The van der Waals surface area contributed by atoms with Gasteiger partial charge in [-0.15, -0.1) is 0 Å². The van der Waals surface area contributed by atoms with Crippen molar-refractivity contribution >= 4 is 16.0 Å². The highest BCUT2D eigenvalue weighted by Gasteiger charge is 2.21. The average molecular weight is 317 g/mol. The van der Waals surface area contributed by atoms with Crippen molar-refractivity contribution in [3.05, 3.63) is 23.8 Å². The molecule has 0 aliphatic carbocycles. The minimum atomic E-state index is -3.82. The van der Waals surface area contributed by atoms with Gasteiger partial charge in [0.2, 0.25) is 10.0 Å². The average Bonchev–Trinajstić information content (AvgIpc) is 2.46.